The van der Waals surface area contributed by atoms with Crippen molar-refractivity contribution in [2.75, 3.05) is 27.3 Å². The second-order valence-electron chi connectivity index (χ2n) is 6.93. The van der Waals surface area contributed by atoms with Crippen LogP contribution < -0.4 is 14.8 Å². The number of urea groups is 1. The molecule has 2 amide bonds. The number of carbonyl (C=O) groups excluding carboxylic acids is 1. The van der Waals surface area contributed by atoms with Gasteiger partial charge in [0.2, 0.25) is 0 Å². The zero-order valence-corrected chi connectivity index (χ0v) is 16.3. The molecule has 1 fully saturated rings. The van der Waals surface area contributed by atoms with Crippen molar-refractivity contribution in [1.29, 1.82) is 0 Å². The maximum absolute atomic E-state index is 12.8. The van der Waals surface area contributed by atoms with Crippen molar-refractivity contribution >= 4 is 6.03 Å². The maximum atomic E-state index is 12.8. The Balaban J connectivity index is 1.66. The van der Waals surface area contributed by atoms with E-state index in [4.69, 9.17) is 9.47 Å². The summed E-state index contributed by atoms with van der Waals surface area (Å²) in [5, 5.41) is 3.07. The molecule has 1 heterocycles. The van der Waals surface area contributed by atoms with E-state index in [1.807, 2.05) is 23.1 Å². The van der Waals surface area contributed by atoms with E-state index in [1.54, 1.807) is 14.2 Å². The smallest absolute Gasteiger partial charge is 0.317 e. The van der Waals surface area contributed by atoms with Crippen LogP contribution >= 0.6 is 0 Å². The monoisotopic (exact) mass is 368 g/mol. The van der Waals surface area contributed by atoms with Crippen LogP contribution in [0.15, 0.2) is 42.5 Å². The van der Waals surface area contributed by atoms with Gasteiger partial charge in [-0.25, -0.2) is 4.79 Å². The molecule has 5 heteroatoms. The second kappa shape index (κ2) is 8.80. The van der Waals surface area contributed by atoms with E-state index in [0.717, 1.165) is 42.9 Å². The number of nitrogens with zero attached hydrogens (tertiary/aromatic N) is 1. The molecular formula is C22H28N2O3. The summed E-state index contributed by atoms with van der Waals surface area (Å²) in [5.74, 6) is 1.57. The lowest BCUT2D eigenvalue weighted by molar-refractivity contribution is 0.192. The number of ether oxygens (including phenoxy) is 2. The van der Waals surface area contributed by atoms with Gasteiger partial charge in [0, 0.05) is 18.7 Å². The van der Waals surface area contributed by atoms with Crippen LogP contribution in [0.25, 0.3) is 0 Å². The van der Waals surface area contributed by atoms with Gasteiger partial charge >= 0.3 is 6.03 Å². The summed E-state index contributed by atoms with van der Waals surface area (Å²) in [6.45, 7) is 3.46. The molecule has 1 atom stereocenters. The number of likely N-dealkylation sites (tertiary alicyclic amines) is 1. The molecule has 1 aliphatic heterocycles. The molecule has 1 saturated heterocycles. The topological polar surface area (TPSA) is 50.8 Å². The summed E-state index contributed by atoms with van der Waals surface area (Å²) in [6, 6.07) is 14.1. The van der Waals surface area contributed by atoms with Crippen molar-refractivity contribution in [1.82, 2.24) is 10.2 Å². The van der Waals surface area contributed by atoms with Gasteiger partial charge in [-0.05, 0) is 49.9 Å². The number of rotatable bonds is 6. The fourth-order valence-electron chi connectivity index (χ4n) is 3.72. The van der Waals surface area contributed by atoms with E-state index < -0.39 is 0 Å². The minimum atomic E-state index is -0.0185. The standard InChI is InChI=1S/C22H28N2O3/c1-16-6-4-7-17(14-16)11-12-23-22(25)24-13-5-8-20(24)19-15-18(26-2)9-10-21(19)27-3/h4,6-7,9-10,14-15,20H,5,8,11-13H2,1-3H3,(H,23,25). The lowest BCUT2D eigenvalue weighted by atomic mass is 10.0. The molecule has 0 aliphatic carbocycles. The minimum Gasteiger partial charge on any atom is -0.497 e. The van der Waals surface area contributed by atoms with E-state index in [9.17, 15) is 4.79 Å². The zero-order valence-electron chi connectivity index (χ0n) is 16.3. The van der Waals surface area contributed by atoms with Crippen LogP contribution in [-0.4, -0.2) is 38.2 Å². The van der Waals surface area contributed by atoms with Gasteiger partial charge < -0.3 is 19.7 Å². The Labute approximate surface area is 161 Å². The van der Waals surface area contributed by atoms with Crippen molar-refractivity contribution in [3.63, 3.8) is 0 Å². The van der Waals surface area contributed by atoms with Gasteiger partial charge in [0.1, 0.15) is 11.5 Å². The summed E-state index contributed by atoms with van der Waals surface area (Å²) in [4.78, 5) is 14.7. The Morgan fingerprint density at radius 1 is 1.19 bits per heavy atom. The molecule has 27 heavy (non-hydrogen) atoms. The van der Waals surface area contributed by atoms with E-state index in [1.165, 1.54) is 11.1 Å². The van der Waals surface area contributed by atoms with Gasteiger partial charge in [-0.3, -0.25) is 0 Å². The first kappa shape index (κ1) is 19.1. The highest BCUT2D eigenvalue weighted by Crippen LogP contribution is 2.38. The number of aryl methyl sites for hydroxylation is 1. The summed E-state index contributed by atoms with van der Waals surface area (Å²) in [7, 11) is 3.31. The maximum Gasteiger partial charge on any atom is 0.317 e. The first-order chi connectivity index (χ1) is 13.1. The van der Waals surface area contributed by atoms with Crippen LogP contribution in [0.4, 0.5) is 4.79 Å². The summed E-state index contributed by atoms with van der Waals surface area (Å²) in [5.41, 5.74) is 3.48. The Bertz CT molecular complexity index is 791. The molecule has 1 unspecified atom stereocenters. The average molecular weight is 368 g/mol. The summed E-state index contributed by atoms with van der Waals surface area (Å²) in [6.07, 6.45) is 2.74. The average Bonchev–Trinajstić information content (AvgIpc) is 3.17. The Kier molecular flexibility index (Phi) is 6.22. The van der Waals surface area contributed by atoms with Crippen LogP contribution in [0.5, 0.6) is 11.5 Å². The highest BCUT2D eigenvalue weighted by molar-refractivity contribution is 5.75. The largest absolute Gasteiger partial charge is 0.497 e. The van der Waals surface area contributed by atoms with Crippen LogP contribution in [0, 0.1) is 6.92 Å². The molecule has 0 spiro atoms. The SMILES string of the molecule is COc1ccc(OC)c(C2CCCN2C(=O)NCCc2cccc(C)c2)c1. The number of nitrogens with one attached hydrogen (secondary N) is 1. The fourth-order valence-corrected chi connectivity index (χ4v) is 3.72. The molecule has 5 nitrogen and oxygen atoms in total. The number of carbonyl (C=O) groups is 1. The van der Waals surface area contributed by atoms with Crippen LogP contribution in [-0.2, 0) is 6.42 Å². The van der Waals surface area contributed by atoms with Gasteiger partial charge in [-0.2, -0.15) is 0 Å². The lowest BCUT2D eigenvalue weighted by Gasteiger charge is -2.27. The minimum absolute atomic E-state index is 0.00835. The third-order valence-corrected chi connectivity index (χ3v) is 5.08. The number of benzene rings is 2. The molecule has 0 bridgehead atoms. The number of methoxy groups -OCH3 is 2. The first-order valence-electron chi connectivity index (χ1n) is 9.44. The van der Waals surface area contributed by atoms with Crippen molar-refractivity contribution in [3.05, 3.63) is 59.2 Å². The van der Waals surface area contributed by atoms with Crippen LogP contribution in [0.2, 0.25) is 0 Å². The first-order valence-corrected chi connectivity index (χ1v) is 9.44. The molecular weight excluding hydrogens is 340 g/mol. The summed E-state index contributed by atoms with van der Waals surface area (Å²) < 4.78 is 10.9. The molecule has 144 valence electrons. The molecule has 1 N–H and O–H groups in total. The van der Waals surface area contributed by atoms with Crippen molar-refractivity contribution in [2.45, 2.75) is 32.2 Å². The number of hydrogen-bond donors (Lipinski definition) is 1. The lowest BCUT2D eigenvalue weighted by Crippen LogP contribution is -2.40. The third kappa shape index (κ3) is 4.54. The zero-order chi connectivity index (χ0) is 19.2. The predicted octanol–water partition coefficient (Wildman–Crippen LogP) is 4.10. The Hall–Kier alpha value is -2.69. The number of hydrogen-bond acceptors (Lipinski definition) is 3. The quantitative estimate of drug-likeness (QED) is 0.835. The molecule has 0 aromatic heterocycles. The molecule has 0 saturated carbocycles. The normalized spacial score (nSPS) is 16.3. The molecule has 3 rings (SSSR count). The van der Waals surface area contributed by atoms with Gasteiger partial charge in [-0.1, -0.05) is 29.8 Å². The van der Waals surface area contributed by atoms with E-state index in [2.05, 4.69) is 36.5 Å². The Morgan fingerprint density at radius 2 is 2.04 bits per heavy atom. The van der Waals surface area contributed by atoms with E-state index >= 15 is 0 Å². The van der Waals surface area contributed by atoms with Crippen molar-refractivity contribution < 1.29 is 14.3 Å². The van der Waals surface area contributed by atoms with Gasteiger partial charge in [0.05, 0.1) is 20.3 Å². The molecule has 2 aromatic rings. The van der Waals surface area contributed by atoms with E-state index in [0.29, 0.717) is 6.54 Å². The fraction of sp³-hybridized carbons (Fsp3) is 0.409. The molecule has 2 aromatic carbocycles. The van der Waals surface area contributed by atoms with Crippen LogP contribution in [0.3, 0.4) is 0 Å². The van der Waals surface area contributed by atoms with Gasteiger partial charge in [0.25, 0.3) is 0 Å². The Morgan fingerprint density at radius 3 is 2.78 bits per heavy atom. The number of amides is 2. The van der Waals surface area contributed by atoms with E-state index in [-0.39, 0.29) is 12.1 Å². The van der Waals surface area contributed by atoms with Gasteiger partial charge in [0.15, 0.2) is 0 Å². The van der Waals surface area contributed by atoms with Crippen LogP contribution in [0.1, 0.15) is 35.6 Å². The second-order valence-corrected chi connectivity index (χ2v) is 6.93. The third-order valence-electron chi connectivity index (χ3n) is 5.08. The molecule has 0 radical (unpaired) electrons. The highest BCUT2D eigenvalue weighted by Gasteiger charge is 2.32. The predicted molar refractivity (Wildman–Crippen MR) is 107 cm³/mol. The summed E-state index contributed by atoms with van der Waals surface area (Å²) >= 11 is 0. The van der Waals surface area contributed by atoms with Crippen molar-refractivity contribution in [3.8, 4) is 11.5 Å². The van der Waals surface area contributed by atoms with Crippen molar-refractivity contribution in [2.24, 2.45) is 0 Å². The molecule has 1 aliphatic rings. The highest BCUT2D eigenvalue weighted by atomic mass is 16.5. The van der Waals surface area contributed by atoms with Gasteiger partial charge in [-0.15, -0.1) is 0 Å².